The first kappa shape index (κ1) is 14.6. The second kappa shape index (κ2) is 5.48. The largest absolute Gasteiger partial charge is 0.493 e. The van der Waals surface area contributed by atoms with Crippen LogP contribution in [0.25, 0.3) is 0 Å². The highest BCUT2D eigenvalue weighted by Gasteiger charge is 2.32. The first-order valence-electron chi connectivity index (χ1n) is 5.16. The molecule has 0 aromatic heterocycles. The normalized spacial score (nSPS) is 10.9. The van der Waals surface area contributed by atoms with E-state index in [0.29, 0.717) is 21.7 Å². The number of benzene rings is 1. The van der Waals surface area contributed by atoms with Gasteiger partial charge in [-0.1, -0.05) is 0 Å². The molecule has 0 aliphatic carbocycles. The maximum absolute atomic E-state index is 11.1. The van der Waals surface area contributed by atoms with Gasteiger partial charge in [-0.3, -0.25) is 0 Å². The monoisotopic (exact) mass is 318 g/mol. The van der Waals surface area contributed by atoms with Crippen LogP contribution in [-0.2, 0) is 4.79 Å². The summed E-state index contributed by atoms with van der Waals surface area (Å²) in [6, 6.07) is 3.40. The van der Waals surface area contributed by atoms with Crippen molar-refractivity contribution in [1.29, 1.82) is 0 Å². The van der Waals surface area contributed by atoms with Gasteiger partial charge in [0, 0.05) is 0 Å². The van der Waals surface area contributed by atoms with Gasteiger partial charge in [-0.2, -0.15) is 0 Å². The van der Waals surface area contributed by atoms with E-state index in [4.69, 9.17) is 19.3 Å². The number of carboxylic acid groups (broad SMARTS) is 1. The molecule has 0 spiro atoms. The Hall–Kier alpha value is -1.43. The fraction of sp³-hybridized carbons (Fsp3) is 0.417. The Labute approximate surface area is 114 Å². The topological polar surface area (TPSA) is 65.0 Å². The van der Waals surface area contributed by atoms with Crippen LogP contribution in [0.3, 0.4) is 0 Å². The number of ether oxygens (including phenoxy) is 3. The molecule has 5 nitrogen and oxygen atoms in total. The summed E-state index contributed by atoms with van der Waals surface area (Å²) in [5.41, 5.74) is -1.37. The third kappa shape index (κ3) is 2.87. The van der Waals surface area contributed by atoms with E-state index in [1.54, 1.807) is 12.1 Å². The van der Waals surface area contributed by atoms with E-state index in [1.807, 2.05) is 0 Å². The smallest absolute Gasteiger partial charge is 0.347 e. The molecule has 1 N–H and O–H groups in total. The van der Waals surface area contributed by atoms with Gasteiger partial charge >= 0.3 is 5.97 Å². The summed E-state index contributed by atoms with van der Waals surface area (Å²) < 4.78 is 16.4. The minimum Gasteiger partial charge on any atom is -0.493 e. The molecule has 1 aromatic rings. The molecule has 0 fully saturated rings. The standard InChI is InChI=1S/C12H15BrO5/c1-12(2,11(14)15)18-9-7(13)5-6-8(16-3)10(9)17-4/h5-6H,1-4H3,(H,14,15). The van der Waals surface area contributed by atoms with E-state index in [-0.39, 0.29) is 0 Å². The molecule has 18 heavy (non-hydrogen) atoms. The third-order valence-corrected chi connectivity index (χ3v) is 2.95. The molecule has 0 unspecified atom stereocenters. The lowest BCUT2D eigenvalue weighted by Gasteiger charge is -2.24. The van der Waals surface area contributed by atoms with Crippen molar-refractivity contribution in [2.24, 2.45) is 0 Å². The summed E-state index contributed by atoms with van der Waals surface area (Å²) in [6.45, 7) is 2.92. The molecule has 1 aromatic carbocycles. The van der Waals surface area contributed by atoms with Gasteiger partial charge in [0.05, 0.1) is 18.7 Å². The molecule has 1 rings (SSSR count). The molecule has 0 aliphatic rings. The van der Waals surface area contributed by atoms with E-state index < -0.39 is 11.6 Å². The fourth-order valence-electron chi connectivity index (χ4n) is 1.27. The van der Waals surface area contributed by atoms with Crippen molar-refractivity contribution in [2.75, 3.05) is 14.2 Å². The molecular weight excluding hydrogens is 304 g/mol. The Balaban J connectivity index is 3.27. The second-order valence-electron chi connectivity index (χ2n) is 4.03. The summed E-state index contributed by atoms with van der Waals surface area (Å²) in [5.74, 6) is 0.0432. The van der Waals surface area contributed by atoms with Crippen LogP contribution in [0, 0.1) is 0 Å². The van der Waals surface area contributed by atoms with Crippen molar-refractivity contribution in [3.8, 4) is 17.2 Å². The van der Waals surface area contributed by atoms with Gasteiger partial charge in [0.2, 0.25) is 5.75 Å². The fourth-order valence-corrected chi connectivity index (χ4v) is 1.66. The summed E-state index contributed by atoms with van der Waals surface area (Å²) in [7, 11) is 2.96. The van der Waals surface area contributed by atoms with Gasteiger partial charge in [-0.05, 0) is 41.9 Å². The number of rotatable bonds is 5. The van der Waals surface area contributed by atoms with Gasteiger partial charge in [-0.25, -0.2) is 4.79 Å². The van der Waals surface area contributed by atoms with E-state index >= 15 is 0 Å². The summed E-state index contributed by atoms with van der Waals surface area (Å²) in [5, 5.41) is 9.07. The Morgan fingerprint density at radius 3 is 2.28 bits per heavy atom. The maximum Gasteiger partial charge on any atom is 0.347 e. The number of hydrogen-bond acceptors (Lipinski definition) is 4. The second-order valence-corrected chi connectivity index (χ2v) is 4.88. The molecular formula is C12H15BrO5. The summed E-state index contributed by atoms with van der Waals surface area (Å²) >= 11 is 3.30. The molecule has 0 bridgehead atoms. The molecule has 0 saturated heterocycles. The van der Waals surface area contributed by atoms with Crippen LogP contribution >= 0.6 is 15.9 Å². The van der Waals surface area contributed by atoms with E-state index in [9.17, 15) is 4.79 Å². The molecule has 0 aliphatic heterocycles. The molecule has 0 atom stereocenters. The lowest BCUT2D eigenvalue weighted by atomic mass is 10.1. The van der Waals surface area contributed by atoms with Crippen molar-refractivity contribution >= 4 is 21.9 Å². The first-order valence-corrected chi connectivity index (χ1v) is 5.95. The van der Waals surface area contributed by atoms with Crippen LogP contribution in [0.4, 0.5) is 0 Å². The minimum absolute atomic E-state index is 0.296. The lowest BCUT2D eigenvalue weighted by molar-refractivity contribution is -0.152. The van der Waals surface area contributed by atoms with Crippen molar-refractivity contribution in [1.82, 2.24) is 0 Å². The number of carbonyl (C=O) groups is 1. The molecule has 0 heterocycles. The molecule has 0 amide bonds. The number of halogens is 1. The summed E-state index contributed by atoms with van der Waals surface area (Å²) in [4.78, 5) is 11.1. The average Bonchev–Trinajstić information content (AvgIpc) is 2.31. The third-order valence-electron chi connectivity index (χ3n) is 2.32. The zero-order chi connectivity index (χ0) is 13.9. The molecule has 100 valence electrons. The van der Waals surface area contributed by atoms with E-state index in [1.165, 1.54) is 28.1 Å². The van der Waals surface area contributed by atoms with Crippen LogP contribution < -0.4 is 14.2 Å². The van der Waals surface area contributed by atoms with Crippen molar-refractivity contribution in [3.05, 3.63) is 16.6 Å². The highest BCUT2D eigenvalue weighted by molar-refractivity contribution is 9.10. The average molecular weight is 319 g/mol. The highest BCUT2D eigenvalue weighted by atomic mass is 79.9. The number of carboxylic acids is 1. The van der Waals surface area contributed by atoms with Crippen LogP contribution in [0.2, 0.25) is 0 Å². The van der Waals surface area contributed by atoms with Gasteiger partial charge in [0.15, 0.2) is 17.1 Å². The SMILES string of the molecule is COc1ccc(Br)c(OC(C)(C)C(=O)O)c1OC. The molecule has 0 saturated carbocycles. The van der Waals surface area contributed by atoms with Crippen molar-refractivity contribution < 1.29 is 24.1 Å². The van der Waals surface area contributed by atoms with Crippen LogP contribution in [0.15, 0.2) is 16.6 Å². The number of methoxy groups -OCH3 is 2. The van der Waals surface area contributed by atoms with Gasteiger partial charge in [0.1, 0.15) is 0 Å². The van der Waals surface area contributed by atoms with Gasteiger partial charge in [0.25, 0.3) is 0 Å². The zero-order valence-electron chi connectivity index (χ0n) is 10.6. The van der Waals surface area contributed by atoms with E-state index in [2.05, 4.69) is 15.9 Å². The van der Waals surface area contributed by atoms with Crippen LogP contribution in [-0.4, -0.2) is 30.9 Å². The predicted octanol–water partition coefficient (Wildman–Crippen LogP) is 2.71. The maximum atomic E-state index is 11.1. The van der Waals surface area contributed by atoms with Crippen molar-refractivity contribution in [2.45, 2.75) is 19.4 Å². The lowest BCUT2D eigenvalue weighted by Crippen LogP contribution is -2.38. The number of hydrogen-bond donors (Lipinski definition) is 1. The van der Waals surface area contributed by atoms with Crippen LogP contribution in [0.1, 0.15) is 13.8 Å². The minimum atomic E-state index is -1.37. The first-order chi connectivity index (χ1) is 8.33. The Kier molecular flexibility index (Phi) is 4.45. The van der Waals surface area contributed by atoms with Gasteiger partial charge in [-0.15, -0.1) is 0 Å². The zero-order valence-corrected chi connectivity index (χ0v) is 12.2. The quantitative estimate of drug-likeness (QED) is 0.904. The predicted molar refractivity (Wildman–Crippen MR) is 69.6 cm³/mol. The Bertz CT molecular complexity index is 456. The Morgan fingerprint density at radius 2 is 1.83 bits per heavy atom. The highest BCUT2D eigenvalue weighted by Crippen LogP contribution is 2.43. The van der Waals surface area contributed by atoms with Crippen LogP contribution in [0.5, 0.6) is 17.2 Å². The van der Waals surface area contributed by atoms with E-state index in [0.717, 1.165) is 0 Å². The molecule has 0 radical (unpaired) electrons. The summed E-state index contributed by atoms with van der Waals surface area (Å²) in [6.07, 6.45) is 0. The number of aliphatic carboxylic acids is 1. The Morgan fingerprint density at radius 1 is 1.22 bits per heavy atom. The molecule has 6 heteroatoms. The van der Waals surface area contributed by atoms with Gasteiger partial charge < -0.3 is 19.3 Å². The van der Waals surface area contributed by atoms with Crippen molar-refractivity contribution in [3.63, 3.8) is 0 Å².